The number of rotatable bonds is 3. The maximum Gasteiger partial charge on any atom is 0.202 e. The van der Waals surface area contributed by atoms with Crippen LogP contribution in [0.1, 0.15) is 18.7 Å². The zero-order chi connectivity index (χ0) is 9.26. The second kappa shape index (κ2) is 3.80. The van der Waals surface area contributed by atoms with E-state index in [-0.39, 0.29) is 0 Å². The SMILES string of the molecule is Cc1nsc(NCC2CC(Cl)C2)n1. The Morgan fingerprint density at radius 1 is 1.62 bits per heavy atom. The van der Waals surface area contributed by atoms with E-state index in [9.17, 15) is 0 Å². The highest BCUT2D eigenvalue weighted by Crippen LogP contribution is 2.31. The Bertz CT molecular complexity index is 283. The highest BCUT2D eigenvalue weighted by molar-refractivity contribution is 7.09. The van der Waals surface area contributed by atoms with Crippen molar-refractivity contribution < 1.29 is 0 Å². The molecule has 1 N–H and O–H groups in total. The molecule has 0 aromatic carbocycles. The highest BCUT2D eigenvalue weighted by Gasteiger charge is 2.26. The van der Waals surface area contributed by atoms with E-state index >= 15 is 0 Å². The number of hydrogen-bond acceptors (Lipinski definition) is 4. The summed E-state index contributed by atoms with van der Waals surface area (Å²) in [5, 5.41) is 4.61. The van der Waals surface area contributed by atoms with Crippen molar-refractivity contribution in [2.75, 3.05) is 11.9 Å². The molecule has 72 valence electrons. The zero-order valence-electron chi connectivity index (χ0n) is 7.46. The Balaban J connectivity index is 1.74. The van der Waals surface area contributed by atoms with Gasteiger partial charge >= 0.3 is 0 Å². The molecule has 1 heterocycles. The number of alkyl halides is 1. The number of aryl methyl sites for hydroxylation is 1. The lowest BCUT2D eigenvalue weighted by atomic mass is 9.85. The van der Waals surface area contributed by atoms with Gasteiger partial charge in [0, 0.05) is 23.5 Å². The molecule has 1 saturated carbocycles. The fraction of sp³-hybridized carbons (Fsp3) is 0.750. The second-order valence-corrected chi connectivity index (χ2v) is 4.83. The zero-order valence-corrected chi connectivity index (χ0v) is 9.03. The van der Waals surface area contributed by atoms with Gasteiger partial charge in [-0.3, -0.25) is 0 Å². The third-order valence-electron chi connectivity index (χ3n) is 2.25. The van der Waals surface area contributed by atoms with Gasteiger partial charge in [-0.15, -0.1) is 11.6 Å². The molecule has 2 rings (SSSR count). The van der Waals surface area contributed by atoms with Crippen LogP contribution in [-0.4, -0.2) is 21.3 Å². The summed E-state index contributed by atoms with van der Waals surface area (Å²) >= 11 is 7.30. The summed E-state index contributed by atoms with van der Waals surface area (Å²) in [5.41, 5.74) is 0. The Kier molecular flexibility index (Phi) is 2.69. The van der Waals surface area contributed by atoms with Gasteiger partial charge in [-0.05, 0) is 25.7 Å². The van der Waals surface area contributed by atoms with Crippen molar-refractivity contribution >= 4 is 28.3 Å². The van der Waals surface area contributed by atoms with Crippen molar-refractivity contribution in [3.05, 3.63) is 5.82 Å². The summed E-state index contributed by atoms with van der Waals surface area (Å²) in [4.78, 5) is 4.22. The first-order chi connectivity index (χ1) is 6.24. The summed E-state index contributed by atoms with van der Waals surface area (Å²) in [6.45, 7) is 2.89. The summed E-state index contributed by atoms with van der Waals surface area (Å²) in [7, 11) is 0. The molecule has 0 spiro atoms. The molecule has 13 heavy (non-hydrogen) atoms. The Hall–Kier alpha value is -0.350. The largest absolute Gasteiger partial charge is 0.360 e. The highest BCUT2D eigenvalue weighted by atomic mass is 35.5. The van der Waals surface area contributed by atoms with Crippen LogP contribution in [0.25, 0.3) is 0 Å². The molecule has 1 fully saturated rings. The average molecular weight is 218 g/mol. The van der Waals surface area contributed by atoms with Gasteiger partial charge in [-0.2, -0.15) is 4.37 Å². The Morgan fingerprint density at radius 2 is 2.38 bits per heavy atom. The molecule has 0 saturated heterocycles. The molecule has 0 radical (unpaired) electrons. The molecule has 0 bridgehead atoms. The van der Waals surface area contributed by atoms with Gasteiger partial charge in [0.05, 0.1) is 0 Å². The van der Waals surface area contributed by atoms with Gasteiger partial charge in [-0.1, -0.05) is 0 Å². The van der Waals surface area contributed by atoms with E-state index in [0.29, 0.717) is 5.38 Å². The third-order valence-corrected chi connectivity index (χ3v) is 3.37. The van der Waals surface area contributed by atoms with Gasteiger partial charge in [0.15, 0.2) is 0 Å². The smallest absolute Gasteiger partial charge is 0.202 e. The number of aromatic nitrogens is 2. The maximum atomic E-state index is 5.88. The van der Waals surface area contributed by atoms with Crippen LogP contribution in [0, 0.1) is 12.8 Å². The second-order valence-electron chi connectivity index (χ2n) is 3.46. The number of halogens is 1. The summed E-state index contributed by atoms with van der Waals surface area (Å²) in [6.07, 6.45) is 2.26. The number of nitrogens with zero attached hydrogens (tertiary/aromatic N) is 2. The fourth-order valence-corrected chi connectivity index (χ4v) is 2.51. The van der Waals surface area contributed by atoms with Crippen LogP contribution in [0.5, 0.6) is 0 Å². The monoisotopic (exact) mass is 217 g/mol. The number of hydrogen-bond donors (Lipinski definition) is 1. The minimum Gasteiger partial charge on any atom is -0.360 e. The molecule has 0 unspecified atom stereocenters. The standard InChI is InChI=1S/C8H12ClN3S/c1-5-11-8(13-12-5)10-4-6-2-7(9)3-6/h6-7H,2-4H2,1H3,(H,10,11,12). The molecule has 1 aliphatic carbocycles. The lowest BCUT2D eigenvalue weighted by Crippen LogP contribution is -2.29. The molecular formula is C8H12ClN3S. The molecule has 5 heteroatoms. The lowest BCUT2D eigenvalue weighted by Gasteiger charge is -2.30. The van der Waals surface area contributed by atoms with Crippen molar-refractivity contribution in [3.8, 4) is 0 Å². The summed E-state index contributed by atoms with van der Waals surface area (Å²) < 4.78 is 4.10. The van der Waals surface area contributed by atoms with Gasteiger partial charge < -0.3 is 5.32 Å². The first-order valence-corrected chi connectivity index (χ1v) is 5.63. The lowest BCUT2D eigenvalue weighted by molar-refractivity contribution is 0.341. The average Bonchev–Trinajstić information content (AvgIpc) is 2.43. The van der Waals surface area contributed by atoms with Crippen molar-refractivity contribution in [3.63, 3.8) is 0 Å². The van der Waals surface area contributed by atoms with Crippen LogP contribution in [-0.2, 0) is 0 Å². The molecule has 1 aromatic heterocycles. The van der Waals surface area contributed by atoms with E-state index in [1.165, 1.54) is 11.5 Å². The van der Waals surface area contributed by atoms with Crippen LogP contribution in [0.4, 0.5) is 5.13 Å². The van der Waals surface area contributed by atoms with Crippen LogP contribution in [0.3, 0.4) is 0 Å². The molecule has 0 aliphatic heterocycles. The molecule has 0 atom stereocenters. The van der Waals surface area contributed by atoms with E-state index in [1.807, 2.05) is 6.92 Å². The molecule has 0 amide bonds. The van der Waals surface area contributed by atoms with E-state index in [1.54, 1.807) is 0 Å². The fourth-order valence-electron chi connectivity index (χ4n) is 1.42. The van der Waals surface area contributed by atoms with Gasteiger partial charge in [0.25, 0.3) is 0 Å². The van der Waals surface area contributed by atoms with Crippen LogP contribution in [0.2, 0.25) is 0 Å². The van der Waals surface area contributed by atoms with Crippen molar-refractivity contribution in [1.29, 1.82) is 0 Å². The summed E-state index contributed by atoms with van der Waals surface area (Å²) in [6, 6.07) is 0. The normalized spacial score (nSPS) is 26.9. The van der Waals surface area contributed by atoms with E-state index < -0.39 is 0 Å². The first kappa shape index (κ1) is 9.21. The predicted octanol–water partition coefficient (Wildman–Crippen LogP) is 2.28. The Morgan fingerprint density at radius 3 is 2.92 bits per heavy atom. The summed E-state index contributed by atoms with van der Waals surface area (Å²) in [5.74, 6) is 1.57. The van der Waals surface area contributed by atoms with Gasteiger partial charge in [-0.25, -0.2) is 4.98 Å². The van der Waals surface area contributed by atoms with Crippen LogP contribution >= 0.6 is 23.1 Å². The third kappa shape index (κ3) is 2.31. The van der Waals surface area contributed by atoms with Crippen LogP contribution < -0.4 is 5.32 Å². The van der Waals surface area contributed by atoms with Crippen molar-refractivity contribution in [1.82, 2.24) is 9.36 Å². The van der Waals surface area contributed by atoms with Crippen molar-refractivity contribution in [2.45, 2.75) is 25.1 Å². The number of nitrogens with one attached hydrogen (secondary N) is 1. The first-order valence-electron chi connectivity index (χ1n) is 4.42. The molecule has 3 nitrogen and oxygen atoms in total. The quantitative estimate of drug-likeness (QED) is 0.790. The van der Waals surface area contributed by atoms with Gasteiger partial charge in [0.1, 0.15) is 5.82 Å². The predicted molar refractivity (Wildman–Crippen MR) is 55.5 cm³/mol. The molecule has 1 aromatic rings. The van der Waals surface area contributed by atoms with E-state index in [2.05, 4.69) is 14.7 Å². The Labute approximate surface area is 86.7 Å². The molecule has 1 aliphatic rings. The minimum atomic E-state index is 0.406. The number of anilines is 1. The molecular weight excluding hydrogens is 206 g/mol. The van der Waals surface area contributed by atoms with Gasteiger partial charge in [0.2, 0.25) is 5.13 Å². The topological polar surface area (TPSA) is 37.8 Å². The van der Waals surface area contributed by atoms with Crippen molar-refractivity contribution in [2.24, 2.45) is 5.92 Å². The van der Waals surface area contributed by atoms with E-state index in [4.69, 9.17) is 11.6 Å². The van der Waals surface area contributed by atoms with Crippen LogP contribution in [0.15, 0.2) is 0 Å². The van der Waals surface area contributed by atoms with E-state index in [0.717, 1.165) is 36.3 Å². The maximum absolute atomic E-state index is 5.88. The minimum absolute atomic E-state index is 0.406.